The third-order valence-corrected chi connectivity index (χ3v) is 5.20. The molecule has 3 heterocycles. The molecule has 0 aromatic heterocycles. The minimum Gasteiger partial charge on any atom is -0.450 e. The van der Waals surface area contributed by atoms with Gasteiger partial charge in [-0.05, 0) is 45.4 Å². The van der Waals surface area contributed by atoms with Gasteiger partial charge in [-0.2, -0.15) is 0 Å². The Kier molecular flexibility index (Phi) is 4.17. The first-order chi connectivity index (χ1) is 9.69. The monoisotopic (exact) mass is 282 g/mol. The van der Waals surface area contributed by atoms with Gasteiger partial charge < -0.3 is 19.6 Å². The first kappa shape index (κ1) is 14.1. The molecule has 0 aromatic carbocycles. The second-order valence-electron chi connectivity index (χ2n) is 6.38. The van der Waals surface area contributed by atoms with Crippen molar-refractivity contribution < 1.29 is 14.6 Å². The predicted molar refractivity (Wildman–Crippen MR) is 75.5 cm³/mol. The summed E-state index contributed by atoms with van der Waals surface area (Å²) >= 11 is 0. The normalized spacial score (nSPS) is 35.3. The minimum atomic E-state index is -0.118. The summed E-state index contributed by atoms with van der Waals surface area (Å²) in [4.78, 5) is 16.6. The Morgan fingerprint density at radius 2 is 1.70 bits per heavy atom. The lowest BCUT2D eigenvalue weighted by Crippen LogP contribution is -2.54. The predicted octanol–water partition coefficient (Wildman–Crippen LogP) is 1.59. The van der Waals surface area contributed by atoms with E-state index in [1.807, 2.05) is 11.8 Å². The fraction of sp³-hybridized carbons (Fsp3) is 0.933. The fourth-order valence-electron chi connectivity index (χ4n) is 4.19. The summed E-state index contributed by atoms with van der Waals surface area (Å²) in [5, 5.41) is 9.62. The van der Waals surface area contributed by atoms with Crippen LogP contribution < -0.4 is 0 Å². The molecule has 0 aliphatic carbocycles. The molecule has 5 heteroatoms. The summed E-state index contributed by atoms with van der Waals surface area (Å²) < 4.78 is 5.20. The second-order valence-corrected chi connectivity index (χ2v) is 6.38. The van der Waals surface area contributed by atoms with Gasteiger partial charge in [0, 0.05) is 31.2 Å². The van der Waals surface area contributed by atoms with Gasteiger partial charge in [-0.15, -0.1) is 0 Å². The Morgan fingerprint density at radius 1 is 1.10 bits per heavy atom. The average molecular weight is 282 g/mol. The lowest BCUT2D eigenvalue weighted by atomic mass is 9.94. The summed E-state index contributed by atoms with van der Waals surface area (Å²) in [6, 6.07) is 1.32. The molecule has 0 spiro atoms. The zero-order valence-electron chi connectivity index (χ0n) is 12.3. The number of hydrogen-bond acceptors (Lipinski definition) is 4. The Labute approximate surface area is 120 Å². The van der Waals surface area contributed by atoms with E-state index in [9.17, 15) is 9.90 Å². The van der Waals surface area contributed by atoms with Crippen LogP contribution in [-0.2, 0) is 4.74 Å². The number of fused-ring (bicyclic) bond motifs is 2. The summed E-state index contributed by atoms with van der Waals surface area (Å²) in [5.41, 5.74) is 0. The van der Waals surface area contributed by atoms with Gasteiger partial charge in [0.2, 0.25) is 0 Å². The maximum absolute atomic E-state index is 12.0. The van der Waals surface area contributed by atoms with Gasteiger partial charge in [-0.25, -0.2) is 4.79 Å². The molecule has 2 atom stereocenters. The highest BCUT2D eigenvalue weighted by atomic mass is 16.6. The summed E-state index contributed by atoms with van der Waals surface area (Å²) in [5.74, 6) is 0. The molecule has 3 fully saturated rings. The van der Waals surface area contributed by atoms with E-state index < -0.39 is 0 Å². The molecule has 0 saturated carbocycles. The van der Waals surface area contributed by atoms with Crippen LogP contribution in [0, 0.1) is 0 Å². The Morgan fingerprint density at radius 3 is 2.25 bits per heavy atom. The zero-order chi connectivity index (χ0) is 14.1. The minimum absolute atomic E-state index is 0.109. The lowest BCUT2D eigenvalue weighted by molar-refractivity contribution is 0.0150. The van der Waals surface area contributed by atoms with Crippen LogP contribution in [0.25, 0.3) is 0 Å². The molecule has 20 heavy (non-hydrogen) atoms. The van der Waals surface area contributed by atoms with Crippen molar-refractivity contribution in [3.63, 3.8) is 0 Å². The van der Waals surface area contributed by atoms with E-state index in [-0.39, 0.29) is 12.2 Å². The number of aliphatic hydroxyl groups excluding tert-OH is 1. The van der Waals surface area contributed by atoms with E-state index in [0.29, 0.717) is 24.7 Å². The molecule has 3 aliphatic heterocycles. The second kappa shape index (κ2) is 5.90. The van der Waals surface area contributed by atoms with Gasteiger partial charge in [-0.1, -0.05) is 0 Å². The number of piperidine rings is 2. The molecular formula is C15H26N2O3. The molecule has 3 aliphatic rings. The van der Waals surface area contributed by atoms with Crippen molar-refractivity contribution in [3.8, 4) is 0 Å². The fourth-order valence-corrected chi connectivity index (χ4v) is 4.19. The molecular weight excluding hydrogens is 256 g/mol. The first-order valence-corrected chi connectivity index (χ1v) is 8.06. The number of likely N-dealkylation sites (tertiary alicyclic amines) is 1. The van der Waals surface area contributed by atoms with Crippen LogP contribution in [0.15, 0.2) is 0 Å². The van der Waals surface area contributed by atoms with E-state index in [2.05, 4.69) is 4.90 Å². The lowest BCUT2D eigenvalue weighted by Gasteiger charge is -2.44. The Bertz CT molecular complexity index is 341. The highest BCUT2D eigenvalue weighted by Gasteiger charge is 2.45. The van der Waals surface area contributed by atoms with Crippen molar-refractivity contribution in [1.29, 1.82) is 0 Å². The number of ether oxygens (including phenoxy) is 1. The summed E-state index contributed by atoms with van der Waals surface area (Å²) in [6.45, 7) is 4.34. The van der Waals surface area contributed by atoms with Crippen LogP contribution in [0.3, 0.4) is 0 Å². The van der Waals surface area contributed by atoms with Crippen molar-refractivity contribution in [2.75, 3.05) is 19.7 Å². The molecule has 5 nitrogen and oxygen atoms in total. The molecule has 0 aromatic rings. The molecule has 114 valence electrons. The summed E-state index contributed by atoms with van der Waals surface area (Å²) in [6.07, 6.45) is 5.96. The van der Waals surface area contributed by atoms with E-state index >= 15 is 0 Å². The smallest absolute Gasteiger partial charge is 0.410 e. The number of hydrogen-bond donors (Lipinski definition) is 1. The van der Waals surface area contributed by atoms with E-state index in [0.717, 1.165) is 51.6 Å². The molecule has 3 rings (SSSR count). The van der Waals surface area contributed by atoms with Crippen LogP contribution in [-0.4, -0.2) is 64.9 Å². The molecule has 2 bridgehead atoms. The van der Waals surface area contributed by atoms with Gasteiger partial charge in [0.1, 0.15) is 0 Å². The van der Waals surface area contributed by atoms with Gasteiger partial charge in [0.15, 0.2) is 0 Å². The number of amides is 1. The van der Waals surface area contributed by atoms with Gasteiger partial charge >= 0.3 is 6.09 Å². The molecule has 1 N–H and O–H groups in total. The van der Waals surface area contributed by atoms with Crippen molar-refractivity contribution in [1.82, 2.24) is 9.80 Å². The molecule has 2 unspecified atom stereocenters. The largest absolute Gasteiger partial charge is 0.450 e. The number of carbonyl (C=O) groups is 1. The van der Waals surface area contributed by atoms with E-state index in [1.54, 1.807) is 0 Å². The average Bonchev–Trinajstić information content (AvgIpc) is 2.71. The van der Waals surface area contributed by atoms with Crippen molar-refractivity contribution in [3.05, 3.63) is 0 Å². The SMILES string of the molecule is CCOC(=O)N1C2CCC1CC(N1CCC(O)CC1)C2. The molecule has 0 radical (unpaired) electrons. The van der Waals surface area contributed by atoms with Gasteiger partial charge in [-0.3, -0.25) is 0 Å². The highest BCUT2D eigenvalue weighted by Crippen LogP contribution is 2.38. The standard InChI is InChI=1S/C15H26N2O3/c1-2-20-15(19)17-11-3-4-12(17)10-13(9-11)16-7-5-14(18)6-8-16/h11-14,18H,2-10H2,1H3. The maximum atomic E-state index is 12.0. The summed E-state index contributed by atoms with van der Waals surface area (Å²) in [7, 11) is 0. The first-order valence-electron chi connectivity index (χ1n) is 8.06. The number of nitrogens with zero attached hydrogens (tertiary/aromatic N) is 2. The number of aliphatic hydroxyl groups is 1. The Hall–Kier alpha value is -0.810. The van der Waals surface area contributed by atoms with Crippen LogP contribution in [0.4, 0.5) is 4.79 Å². The Balaban J connectivity index is 1.60. The maximum Gasteiger partial charge on any atom is 0.410 e. The third-order valence-electron chi connectivity index (χ3n) is 5.20. The van der Waals surface area contributed by atoms with Crippen LogP contribution >= 0.6 is 0 Å². The third kappa shape index (κ3) is 2.66. The number of carbonyl (C=O) groups excluding carboxylic acids is 1. The topological polar surface area (TPSA) is 53.0 Å². The van der Waals surface area contributed by atoms with Crippen LogP contribution in [0.1, 0.15) is 45.4 Å². The van der Waals surface area contributed by atoms with E-state index in [4.69, 9.17) is 4.74 Å². The molecule has 3 saturated heterocycles. The van der Waals surface area contributed by atoms with Crippen molar-refractivity contribution in [2.45, 2.75) is 69.7 Å². The molecule has 1 amide bonds. The van der Waals surface area contributed by atoms with Gasteiger partial charge in [0.25, 0.3) is 0 Å². The van der Waals surface area contributed by atoms with Crippen LogP contribution in [0.2, 0.25) is 0 Å². The quantitative estimate of drug-likeness (QED) is 0.836. The number of rotatable bonds is 2. The van der Waals surface area contributed by atoms with Crippen molar-refractivity contribution in [2.24, 2.45) is 0 Å². The highest BCUT2D eigenvalue weighted by molar-refractivity contribution is 5.69. The van der Waals surface area contributed by atoms with Gasteiger partial charge in [0.05, 0.1) is 12.7 Å². The zero-order valence-corrected chi connectivity index (χ0v) is 12.3. The van der Waals surface area contributed by atoms with Crippen molar-refractivity contribution >= 4 is 6.09 Å². The van der Waals surface area contributed by atoms with Crippen LogP contribution in [0.5, 0.6) is 0 Å². The van der Waals surface area contributed by atoms with E-state index in [1.165, 1.54) is 0 Å².